The molecular formula is C18H19BrN2O3S. The number of hydrogen-bond acceptors (Lipinski definition) is 4. The van der Waals surface area contributed by atoms with Crippen molar-refractivity contribution in [2.45, 2.75) is 19.4 Å². The van der Waals surface area contributed by atoms with Crippen LogP contribution in [0.1, 0.15) is 17.7 Å². The van der Waals surface area contributed by atoms with Gasteiger partial charge in [-0.3, -0.25) is 9.59 Å². The lowest BCUT2D eigenvalue weighted by Crippen LogP contribution is -2.30. The van der Waals surface area contributed by atoms with E-state index >= 15 is 0 Å². The molecule has 7 heteroatoms. The van der Waals surface area contributed by atoms with Gasteiger partial charge >= 0.3 is 0 Å². The van der Waals surface area contributed by atoms with Crippen LogP contribution in [-0.2, 0) is 16.1 Å². The van der Waals surface area contributed by atoms with Crippen LogP contribution < -0.4 is 9.64 Å². The Labute approximate surface area is 159 Å². The van der Waals surface area contributed by atoms with Crippen LogP contribution >= 0.6 is 27.3 Å². The Morgan fingerprint density at radius 3 is 2.88 bits per heavy atom. The lowest BCUT2D eigenvalue weighted by molar-refractivity contribution is -0.132. The zero-order chi connectivity index (χ0) is 17.8. The fourth-order valence-electron chi connectivity index (χ4n) is 2.68. The number of nitrogens with zero attached hydrogens (tertiary/aromatic N) is 2. The van der Waals surface area contributed by atoms with Gasteiger partial charge in [-0.2, -0.15) is 0 Å². The Balaban J connectivity index is 1.55. The summed E-state index contributed by atoms with van der Waals surface area (Å²) in [5, 5.41) is 0. The van der Waals surface area contributed by atoms with Gasteiger partial charge in [0.1, 0.15) is 5.75 Å². The van der Waals surface area contributed by atoms with E-state index in [0.29, 0.717) is 18.7 Å². The molecule has 0 radical (unpaired) electrons. The van der Waals surface area contributed by atoms with Gasteiger partial charge in [0, 0.05) is 36.6 Å². The molecule has 0 saturated carbocycles. The van der Waals surface area contributed by atoms with Gasteiger partial charge in [0.05, 0.1) is 10.3 Å². The summed E-state index contributed by atoms with van der Waals surface area (Å²) >= 11 is 5.03. The van der Waals surface area contributed by atoms with E-state index in [4.69, 9.17) is 4.74 Å². The molecule has 0 atom stereocenters. The zero-order valence-corrected chi connectivity index (χ0v) is 16.3. The van der Waals surface area contributed by atoms with Crippen molar-refractivity contribution in [3.05, 3.63) is 45.1 Å². The van der Waals surface area contributed by atoms with Crippen LogP contribution in [0.25, 0.3) is 0 Å². The van der Waals surface area contributed by atoms with Crippen LogP contribution in [0.15, 0.2) is 40.2 Å². The van der Waals surface area contributed by atoms with Crippen molar-refractivity contribution >= 4 is 44.8 Å². The summed E-state index contributed by atoms with van der Waals surface area (Å²) in [5.74, 6) is 0.639. The highest BCUT2D eigenvalue weighted by Gasteiger charge is 2.22. The van der Waals surface area contributed by atoms with Gasteiger partial charge in [-0.05, 0) is 46.6 Å². The Kier molecular flexibility index (Phi) is 5.75. The summed E-state index contributed by atoms with van der Waals surface area (Å²) < 4.78 is 6.68. The molecule has 1 aliphatic rings. The Morgan fingerprint density at radius 2 is 2.20 bits per heavy atom. The Hall–Kier alpha value is -1.86. The minimum atomic E-state index is -0.0906. The lowest BCUT2D eigenvalue weighted by atomic mass is 10.3. The van der Waals surface area contributed by atoms with Gasteiger partial charge in [-0.25, -0.2) is 0 Å². The molecule has 5 nitrogen and oxygen atoms in total. The van der Waals surface area contributed by atoms with E-state index in [1.54, 1.807) is 34.3 Å². The minimum Gasteiger partial charge on any atom is -0.484 e. The minimum absolute atomic E-state index is 0.0273. The number of carbonyl (C=O) groups excluding carboxylic acids is 2. The monoisotopic (exact) mass is 422 g/mol. The van der Waals surface area contributed by atoms with E-state index in [0.717, 1.165) is 27.3 Å². The molecule has 2 amide bonds. The van der Waals surface area contributed by atoms with Gasteiger partial charge in [-0.15, -0.1) is 11.3 Å². The summed E-state index contributed by atoms with van der Waals surface area (Å²) in [5.41, 5.74) is 0.823. The summed E-state index contributed by atoms with van der Waals surface area (Å²) in [6.45, 7) is 1.27. The average molecular weight is 423 g/mol. The van der Waals surface area contributed by atoms with E-state index in [1.807, 2.05) is 30.3 Å². The second-order valence-corrected chi connectivity index (χ2v) is 8.44. The number of rotatable bonds is 6. The maximum Gasteiger partial charge on any atom is 0.260 e. The fourth-order valence-corrected chi connectivity index (χ4v) is 4.21. The van der Waals surface area contributed by atoms with Crippen molar-refractivity contribution in [2.24, 2.45) is 0 Å². The number of benzene rings is 1. The van der Waals surface area contributed by atoms with E-state index in [9.17, 15) is 9.59 Å². The molecule has 1 fully saturated rings. The van der Waals surface area contributed by atoms with Crippen LogP contribution in [0, 0.1) is 0 Å². The van der Waals surface area contributed by atoms with Crippen molar-refractivity contribution in [2.75, 3.05) is 25.1 Å². The molecule has 2 heterocycles. The van der Waals surface area contributed by atoms with E-state index in [-0.39, 0.29) is 18.4 Å². The van der Waals surface area contributed by atoms with E-state index < -0.39 is 0 Å². The number of hydrogen-bond donors (Lipinski definition) is 0. The molecule has 1 aromatic carbocycles. The van der Waals surface area contributed by atoms with Crippen molar-refractivity contribution in [1.82, 2.24) is 4.90 Å². The normalized spacial score (nSPS) is 14.0. The maximum absolute atomic E-state index is 12.3. The molecule has 2 aromatic rings. The molecule has 1 saturated heterocycles. The number of thiophene rings is 1. The summed E-state index contributed by atoms with van der Waals surface area (Å²) in [4.78, 5) is 28.6. The summed E-state index contributed by atoms with van der Waals surface area (Å²) in [7, 11) is 1.76. The predicted octanol–water partition coefficient (Wildman–Crippen LogP) is 3.67. The van der Waals surface area contributed by atoms with E-state index in [2.05, 4.69) is 15.9 Å². The summed E-state index contributed by atoms with van der Waals surface area (Å²) in [6, 6.07) is 11.3. The van der Waals surface area contributed by atoms with Crippen molar-refractivity contribution in [3.63, 3.8) is 0 Å². The first kappa shape index (κ1) is 17.9. The number of carbonyl (C=O) groups is 2. The molecular weight excluding hydrogens is 404 g/mol. The second-order valence-electron chi connectivity index (χ2n) is 5.89. The fraction of sp³-hybridized carbons (Fsp3) is 0.333. The number of likely N-dealkylation sites (N-methyl/N-ethyl adjacent to an activating group) is 1. The average Bonchev–Trinajstić information content (AvgIpc) is 3.21. The number of anilines is 1. The van der Waals surface area contributed by atoms with Crippen molar-refractivity contribution in [3.8, 4) is 5.75 Å². The number of halogens is 1. The van der Waals surface area contributed by atoms with Gasteiger partial charge in [0.2, 0.25) is 5.91 Å². The summed E-state index contributed by atoms with van der Waals surface area (Å²) in [6.07, 6.45) is 1.47. The highest BCUT2D eigenvalue weighted by molar-refractivity contribution is 9.11. The topological polar surface area (TPSA) is 49.9 Å². The van der Waals surface area contributed by atoms with Crippen molar-refractivity contribution < 1.29 is 14.3 Å². The molecule has 25 heavy (non-hydrogen) atoms. The maximum atomic E-state index is 12.3. The number of ether oxygens (including phenoxy) is 1. The highest BCUT2D eigenvalue weighted by Crippen LogP contribution is 2.26. The molecule has 0 aliphatic carbocycles. The molecule has 0 bridgehead atoms. The predicted molar refractivity (Wildman–Crippen MR) is 102 cm³/mol. The third kappa shape index (κ3) is 4.61. The molecule has 0 spiro atoms. The molecule has 1 aromatic heterocycles. The second kappa shape index (κ2) is 8.01. The number of amides is 2. The first-order chi connectivity index (χ1) is 12.0. The van der Waals surface area contributed by atoms with Crippen LogP contribution in [0.4, 0.5) is 5.69 Å². The molecule has 132 valence electrons. The zero-order valence-electron chi connectivity index (χ0n) is 13.9. The smallest absolute Gasteiger partial charge is 0.260 e. The standard InChI is InChI=1S/C18H19BrN2O3S/c1-20(11-15-7-8-16(19)25-15)18(23)12-24-14-5-2-4-13(10-14)21-9-3-6-17(21)22/h2,4-5,7-8,10H,3,6,9,11-12H2,1H3. The molecule has 0 N–H and O–H groups in total. The largest absolute Gasteiger partial charge is 0.484 e. The van der Waals surface area contributed by atoms with Gasteiger partial charge in [-0.1, -0.05) is 6.07 Å². The van der Waals surface area contributed by atoms with Gasteiger partial charge < -0.3 is 14.5 Å². The van der Waals surface area contributed by atoms with Crippen LogP contribution in [0.3, 0.4) is 0 Å². The first-order valence-electron chi connectivity index (χ1n) is 8.04. The third-order valence-electron chi connectivity index (χ3n) is 4.01. The SMILES string of the molecule is CN(Cc1ccc(Br)s1)C(=O)COc1cccc(N2CCCC2=O)c1. The quantitative estimate of drug-likeness (QED) is 0.713. The van der Waals surface area contributed by atoms with Gasteiger partial charge in [0.25, 0.3) is 5.91 Å². The van der Waals surface area contributed by atoms with E-state index in [1.165, 1.54) is 0 Å². The highest BCUT2D eigenvalue weighted by atomic mass is 79.9. The van der Waals surface area contributed by atoms with Crippen LogP contribution in [0.2, 0.25) is 0 Å². The molecule has 3 rings (SSSR count). The molecule has 1 aliphatic heterocycles. The lowest BCUT2D eigenvalue weighted by Gasteiger charge is -2.18. The first-order valence-corrected chi connectivity index (χ1v) is 9.65. The Morgan fingerprint density at radius 1 is 1.36 bits per heavy atom. The van der Waals surface area contributed by atoms with Crippen LogP contribution in [-0.4, -0.2) is 36.9 Å². The Bertz CT molecular complexity index is 777. The molecule has 0 unspecified atom stereocenters. The third-order valence-corrected chi connectivity index (χ3v) is 5.62. The van der Waals surface area contributed by atoms with Gasteiger partial charge in [0.15, 0.2) is 6.61 Å². The van der Waals surface area contributed by atoms with Crippen molar-refractivity contribution in [1.29, 1.82) is 0 Å². The van der Waals surface area contributed by atoms with Crippen LogP contribution in [0.5, 0.6) is 5.75 Å².